The van der Waals surface area contributed by atoms with Crippen LogP contribution >= 0.6 is 10.7 Å². The first-order valence-electron chi connectivity index (χ1n) is 5.67. The Labute approximate surface area is 111 Å². The van der Waals surface area contributed by atoms with E-state index in [9.17, 15) is 13.2 Å². The number of hydrogen-bond acceptors (Lipinski definition) is 3. The summed E-state index contributed by atoms with van der Waals surface area (Å²) in [5, 5.41) is 0. The highest BCUT2D eigenvalue weighted by molar-refractivity contribution is 8.13. The predicted octanol–water partition coefficient (Wildman–Crippen LogP) is 1.71. The number of aryl methyl sites for hydroxylation is 2. The molecule has 6 heteroatoms. The fourth-order valence-electron chi connectivity index (χ4n) is 2.11. The molecule has 0 unspecified atom stereocenters. The van der Waals surface area contributed by atoms with Gasteiger partial charge in [-0.05, 0) is 30.0 Å². The number of benzene rings is 1. The third kappa shape index (κ3) is 3.03. The van der Waals surface area contributed by atoms with Gasteiger partial charge in [-0.15, -0.1) is 0 Å². The van der Waals surface area contributed by atoms with Crippen LogP contribution in [0.1, 0.15) is 17.5 Å². The normalized spacial score (nSPS) is 15.7. The van der Waals surface area contributed by atoms with Crippen LogP contribution in [0.25, 0.3) is 0 Å². The van der Waals surface area contributed by atoms with Gasteiger partial charge in [0.15, 0.2) is 0 Å². The molecule has 0 bridgehead atoms. The molecule has 0 fully saturated rings. The molecule has 1 aliphatic rings. The maximum atomic E-state index is 11.5. The van der Waals surface area contributed by atoms with E-state index < -0.39 is 9.05 Å². The minimum absolute atomic E-state index is 0.0673. The van der Waals surface area contributed by atoms with Gasteiger partial charge in [0, 0.05) is 29.8 Å². The van der Waals surface area contributed by atoms with Crippen LogP contribution in [0.3, 0.4) is 0 Å². The van der Waals surface area contributed by atoms with Gasteiger partial charge < -0.3 is 4.90 Å². The van der Waals surface area contributed by atoms with Crippen molar-refractivity contribution >= 4 is 31.3 Å². The monoisotopic (exact) mass is 287 g/mol. The van der Waals surface area contributed by atoms with Crippen LogP contribution < -0.4 is 4.90 Å². The van der Waals surface area contributed by atoms with E-state index in [4.69, 9.17) is 10.7 Å². The van der Waals surface area contributed by atoms with Crippen molar-refractivity contribution in [3.05, 3.63) is 29.3 Å². The Bertz CT molecular complexity index is 583. The van der Waals surface area contributed by atoms with E-state index in [0.29, 0.717) is 19.3 Å². The van der Waals surface area contributed by atoms with Gasteiger partial charge in [-0.2, -0.15) is 0 Å². The molecule has 1 amide bonds. The molecular formula is C12H14ClNO3S. The van der Waals surface area contributed by atoms with Crippen molar-refractivity contribution in [3.8, 4) is 0 Å². The lowest BCUT2D eigenvalue weighted by atomic mass is 9.98. The van der Waals surface area contributed by atoms with E-state index in [2.05, 4.69) is 0 Å². The summed E-state index contributed by atoms with van der Waals surface area (Å²) in [6.07, 6.45) is 1.61. The molecular weight excluding hydrogens is 274 g/mol. The van der Waals surface area contributed by atoms with Crippen molar-refractivity contribution in [2.75, 3.05) is 17.7 Å². The fourth-order valence-corrected chi connectivity index (χ4v) is 2.82. The van der Waals surface area contributed by atoms with E-state index in [1.54, 1.807) is 11.9 Å². The molecule has 0 N–H and O–H groups in total. The molecule has 0 saturated carbocycles. The predicted molar refractivity (Wildman–Crippen MR) is 71.5 cm³/mol. The Hall–Kier alpha value is -1.07. The zero-order valence-electron chi connectivity index (χ0n) is 10.0. The van der Waals surface area contributed by atoms with Gasteiger partial charge in [-0.25, -0.2) is 8.42 Å². The minimum Gasteiger partial charge on any atom is -0.315 e. The second-order valence-corrected chi connectivity index (χ2v) is 7.31. The molecule has 98 valence electrons. The summed E-state index contributed by atoms with van der Waals surface area (Å²) in [5.74, 6) is 0.0425. The molecule has 2 rings (SSSR count). The highest BCUT2D eigenvalue weighted by Crippen LogP contribution is 2.27. The molecule has 4 nitrogen and oxygen atoms in total. The zero-order valence-corrected chi connectivity index (χ0v) is 11.6. The number of carbonyl (C=O) groups excluding carboxylic acids is 1. The maximum absolute atomic E-state index is 11.5. The molecule has 0 aromatic heterocycles. The molecule has 18 heavy (non-hydrogen) atoms. The standard InChI is InChI=1S/C12H14ClNO3S/c1-14-11-4-2-9(6-7-18(13,16)17)8-10(11)3-5-12(14)15/h2,4,8H,3,5-7H2,1H3. The second kappa shape index (κ2) is 4.90. The van der Waals surface area contributed by atoms with Crippen LogP contribution in [0, 0.1) is 0 Å². The van der Waals surface area contributed by atoms with Gasteiger partial charge in [0.1, 0.15) is 0 Å². The van der Waals surface area contributed by atoms with E-state index in [1.807, 2.05) is 18.2 Å². The first-order chi connectivity index (χ1) is 8.37. The van der Waals surface area contributed by atoms with Crippen molar-refractivity contribution in [2.45, 2.75) is 19.3 Å². The van der Waals surface area contributed by atoms with Crippen LogP contribution in [0.2, 0.25) is 0 Å². The summed E-state index contributed by atoms with van der Waals surface area (Å²) >= 11 is 0. The van der Waals surface area contributed by atoms with Gasteiger partial charge in [0.2, 0.25) is 15.0 Å². The fraction of sp³-hybridized carbons (Fsp3) is 0.417. The van der Waals surface area contributed by atoms with Crippen LogP contribution in [-0.4, -0.2) is 27.1 Å². The zero-order chi connectivity index (χ0) is 13.3. The van der Waals surface area contributed by atoms with Gasteiger partial charge in [0.25, 0.3) is 0 Å². The average molecular weight is 288 g/mol. The number of rotatable bonds is 3. The first-order valence-corrected chi connectivity index (χ1v) is 8.15. The lowest BCUT2D eigenvalue weighted by Gasteiger charge is -2.26. The van der Waals surface area contributed by atoms with Crippen molar-refractivity contribution in [1.29, 1.82) is 0 Å². The smallest absolute Gasteiger partial charge is 0.232 e. The highest BCUT2D eigenvalue weighted by atomic mass is 35.7. The molecule has 1 aromatic rings. The number of amides is 1. The number of halogens is 1. The largest absolute Gasteiger partial charge is 0.315 e. The molecule has 0 atom stereocenters. The minimum atomic E-state index is -3.46. The number of nitrogens with zero attached hydrogens (tertiary/aromatic N) is 1. The molecule has 1 heterocycles. The number of carbonyl (C=O) groups is 1. The van der Waals surface area contributed by atoms with Crippen molar-refractivity contribution in [1.82, 2.24) is 0 Å². The van der Waals surface area contributed by atoms with Gasteiger partial charge in [-0.1, -0.05) is 12.1 Å². The van der Waals surface area contributed by atoms with Crippen molar-refractivity contribution in [3.63, 3.8) is 0 Å². The number of anilines is 1. The maximum Gasteiger partial charge on any atom is 0.232 e. The number of fused-ring (bicyclic) bond motifs is 1. The molecule has 0 radical (unpaired) electrons. The first kappa shape index (κ1) is 13.4. The van der Waals surface area contributed by atoms with Crippen molar-refractivity contribution < 1.29 is 13.2 Å². The average Bonchev–Trinajstić information content (AvgIpc) is 2.30. The molecule has 1 aromatic carbocycles. The van der Waals surface area contributed by atoms with E-state index in [-0.39, 0.29) is 11.7 Å². The summed E-state index contributed by atoms with van der Waals surface area (Å²) in [7, 11) is 3.49. The summed E-state index contributed by atoms with van der Waals surface area (Å²) in [4.78, 5) is 13.2. The van der Waals surface area contributed by atoms with E-state index in [1.165, 1.54) is 0 Å². The summed E-state index contributed by atoms with van der Waals surface area (Å²) in [6, 6.07) is 5.67. The Kier molecular flexibility index (Phi) is 3.64. The Morgan fingerprint density at radius 2 is 2.06 bits per heavy atom. The van der Waals surface area contributed by atoms with Gasteiger partial charge >= 0.3 is 0 Å². The van der Waals surface area contributed by atoms with Crippen LogP contribution in [0.5, 0.6) is 0 Å². The van der Waals surface area contributed by atoms with E-state index in [0.717, 1.165) is 16.8 Å². The second-order valence-electron chi connectivity index (χ2n) is 4.41. The lowest BCUT2D eigenvalue weighted by Crippen LogP contribution is -2.31. The quantitative estimate of drug-likeness (QED) is 0.795. The molecule has 0 spiro atoms. The van der Waals surface area contributed by atoms with Gasteiger partial charge in [-0.3, -0.25) is 4.79 Å². The molecule has 0 aliphatic carbocycles. The van der Waals surface area contributed by atoms with Gasteiger partial charge in [0.05, 0.1) is 5.75 Å². The Morgan fingerprint density at radius 1 is 1.33 bits per heavy atom. The lowest BCUT2D eigenvalue weighted by molar-refractivity contribution is -0.118. The van der Waals surface area contributed by atoms with E-state index >= 15 is 0 Å². The Morgan fingerprint density at radius 3 is 2.72 bits per heavy atom. The highest BCUT2D eigenvalue weighted by Gasteiger charge is 2.20. The van der Waals surface area contributed by atoms with Crippen LogP contribution in [-0.2, 0) is 26.7 Å². The Balaban J connectivity index is 2.20. The summed E-state index contributed by atoms with van der Waals surface area (Å²) < 4.78 is 21.8. The summed E-state index contributed by atoms with van der Waals surface area (Å²) in [6.45, 7) is 0. The topological polar surface area (TPSA) is 54.5 Å². The van der Waals surface area contributed by atoms with Crippen LogP contribution in [0.4, 0.5) is 5.69 Å². The molecule has 0 saturated heterocycles. The van der Waals surface area contributed by atoms with Crippen molar-refractivity contribution in [2.24, 2.45) is 0 Å². The SMILES string of the molecule is CN1C(=O)CCc2cc(CCS(=O)(=O)Cl)ccc21. The molecule has 1 aliphatic heterocycles. The summed E-state index contributed by atoms with van der Waals surface area (Å²) in [5.41, 5.74) is 2.92. The number of hydrogen-bond donors (Lipinski definition) is 0. The third-order valence-electron chi connectivity index (χ3n) is 3.12. The van der Waals surface area contributed by atoms with Crippen LogP contribution in [0.15, 0.2) is 18.2 Å². The third-order valence-corrected chi connectivity index (χ3v) is 4.28.